The Morgan fingerprint density at radius 2 is 1.69 bits per heavy atom. The van der Waals surface area contributed by atoms with Gasteiger partial charge < -0.3 is 15.0 Å². The van der Waals surface area contributed by atoms with Gasteiger partial charge in [-0.15, -0.1) is 0 Å². The van der Waals surface area contributed by atoms with Crippen LogP contribution in [0.3, 0.4) is 0 Å². The number of benzene rings is 1. The summed E-state index contributed by atoms with van der Waals surface area (Å²) in [7, 11) is 0. The van der Waals surface area contributed by atoms with Gasteiger partial charge in [0, 0.05) is 17.7 Å². The monoisotopic (exact) mass is 233 g/mol. The van der Waals surface area contributed by atoms with Crippen molar-refractivity contribution < 1.29 is 54.3 Å². The SMILES string of the molecule is O=C([O-])c1cc(C(=O)O)cc([N+](=O)[O-])c1.[Na+]. The molecule has 78 valence electrons. The van der Waals surface area contributed by atoms with Crippen molar-refractivity contribution in [3.8, 4) is 0 Å². The Hall–Kier alpha value is -1.44. The molecule has 0 unspecified atom stereocenters. The van der Waals surface area contributed by atoms with Gasteiger partial charge in [0.05, 0.1) is 16.5 Å². The van der Waals surface area contributed by atoms with Crippen molar-refractivity contribution in [3.05, 3.63) is 39.4 Å². The molecular weight excluding hydrogens is 229 g/mol. The molecule has 0 aliphatic rings. The van der Waals surface area contributed by atoms with Crippen LogP contribution in [0.15, 0.2) is 18.2 Å². The molecule has 0 heterocycles. The van der Waals surface area contributed by atoms with E-state index in [1.807, 2.05) is 0 Å². The van der Waals surface area contributed by atoms with Crippen molar-refractivity contribution in [2.45, 2.75) is 0 Å². The van der Waals surface area contributed by atoms with Crippen LogP contribution in [-0.2, 0) is 0 Å². The minimum atomic E-state index is -1.67. The van der Waals surface area contributed by atoms with Crippen molar-refractivity contribution in [3.63, 3.8) is 0 Å². The second-order valence-electron chi connectivity index (χ2n) is 2.62. The van der Waals surface area contributed by atoms with Crippen LogP contribution in [0.1, 0.15) is 20.7 Å². The van der Waals surface area contributed by atoms with E-state index in [9.17, 15) is 24.8 Å². The summed E-state index contributed by atoms with van der Waals surface area (Å²) in [5, 5.41) is 29.3. The van der Waals surface area contributed by atoms with Crippen LogP contribution in [0.25, 0.3) is 0 Å². The Morgan fingerprint density at radius 1 is 1.19 bits per heavy atom. The third-order valence-corrected chi connectivity index (χ3v) is 1.61. The van der Waals surface area contributed by atoms with E-state index in [1.54, 1.807) is 0 Å². The second kappa shape index (κ2) is 5.59. The molecule has 1 aromatic carbocycles. The van der Waals surface area contributed by atoms with Gasteiger partial charge in [0.25, 0.3) is 5.69 Å². The van der Waals surface area contributed by atoms with Crippen molar-refractivity contribution in [1.82, 2.24) is 0 Å². The second-order valence-corrected chi connectivity index (χ2v) is 2.62. The van der Waals surface area contributed by atoms with Crippen LogP contribution < -0.4 is 34.7 Å². The Labute approximate surface area is 111 Å². The van der Waals surface area contributed by atoms with E-state index in [0.29, 0.717) is 0 Å². The molecule has 1 rings (SSSR count). The van der Waals surface area contributed by atoms with E-state index >= 15 is 0 Å². The number of hydrogen-bond acceptors (Lipinski definition) is 5. The zero-order valence-corrected chi connectivity index (χ0v) is 10.2. The van der Waals surface area contributed by atoms with Crippen molar-refractivity contribution >= 4 is 17.6 Å². The smallest absolute Gasteiger partial charge is 0.545 e. The topological polar surface area (TPSA) is 121 Å². The number of nitrogens with zero attached hydrogens (tertiary/aromatic N) is 1. The summed E-state index contributed by atoms with van der Waals surface area (Å²) in [4.78, 5) is 30.4. The van der Waals surface area contributed by atoms with E-state index in [4.69, 9.17) is 5.11 Å². The first-order valence-electron chi connectivity index (χ1n) is 3.66. The molecule has 0 saturated heterocycles. The van der Waals surface area contributed by atoms with Crippen LogP contribution in [-0.4, -0.2) is 22.0 Å². The fourth-order valence-electron chi connectivity index (χ4n) is 0.958. The summed E-state index contributed by atoms with van der Waals surface area (Å²) in [6.07, 6.45) is 0. The molecular formula is C8H4NNaO6. The van der Waals surface area contributed by atoms with Gasteiger partial charge in [-0.25, -0.2) is 4.79 Å². The molecule has 1 N–H and O–H groups in total. The maximum absolute atomic E-state index is 10.5. The van der Waals surface area contributed by atoms with E-state index in [1.165, 1.54) is 0 Å². The fraction of sp³-hybridized carbons (Fsp3) is 0. The molecule has 8 heteroatoms. The molecule has 0 radical (unpaired) electrons. The van der Waals surface area contributed by atoms with E-state index in [-0.39, 0.29) is 29.6 Å². The number of nitro benzene ring substituents is 1. The van der Waals surface area contributed by atoms with Gasteiger partial charge in [-0.2, -0.15) is 0 Å². The molecule has 7 nitrogen and oxygen atoms in total. The first-order chi connectivity index (χ1) is 6.91. The number of non-ortho nitro benzene ring substituents is 1. The average Bonchev–Trinajstić information content (AvgIpc) is 2.16. The molecule has 0 aliphatic heterocycles. The van der Waals surface area contributed by atoms with Crippen LogP contribution >= 0.6 is 0 Å². The number of carboxylic acid groups (broad SMARTS) is 2. The molecule has 0 spiro atoms. The molecule has 16 heavy (non-hydrogen) atoms. The number of carbonyl (C=O) groups is 2. The summed E-state index contributed by atoms with van der Waals surface area (Å²) >= 11 is 0. The molecule has 0 amide bonds. The van der Waals surface area contributed by atoms with Crippen molar-refractivity contribution in [2.24, 2.45) is 0 Å². The number of nitro groups is 1. The van der Waals surface area contributed by atoms with Crippen LogP contribution in [0.5, 0.6) is 0 Å². The van der Waals surface area contributed by atoms with E-state index < -0.39 is 33.7 Å². The van der Waals surface area contributed by atoms with Crippen LogP contribution in [0, 0.1) is 10.1 Å². The van der Waals surface area contributed by atoms with Gasteiger partial charge in [-0.05, 0) is 6.07 Å². The normalized spacial score (nSPS) is 9.00. The maximum atomic E-state index is 10.5. The van der Waals surface area contributed by atoms with Crippen LogP contribution in [0.4, 0.5) is 5.69 Å². The third kappa shape index (κ3) is 3.30. The van der Waals surface area contributed by atoms with Crippen molar-refractivity contribution in [1.29, 1.82) is 0 Å². The minimum absolute atomic E-state index is 0. The van der Waals surface area contributed by atoms with E-state index in [2.05, 4.69) is 0 Å². The minimum Gasteiger partial charge on any atom is -0.545 e. The molecule has 0 bridgehead atoms. The van der Waals surface area contributed by atoms with Gasteiger partial charge in [-0.1, -0.05) is 0 Å². The standard InChI is InChI=1S/C8H5NO6.Na/c10-7(11)4-1-5(8(12)13)3-6(2-4)9(14)15;/h1-3H,(H,10,11)(H,12,13);/q;+1/p-1. The first kappa shape index (κ1) is 14.6. The van der Waals surface area contributed by atoms with Gasteiger partial charge in [0.1, 0.15) is 0 Å². The Morgan fingerprint density at radius 3 is 2.06 bits per heavy atom. The maximum Gasteiger partial charge on any atom is 1.00 e. The number of aromatic carboxylic acids is 2. The summed E-state index contributed by atoms with van der Waals surface area (Å²) < 4.78 is 0. The molecule has 0 saturated carbocycles. The zero-order valence-electron chi connectivity index (χ0n) is 8.17. The number of hydrogen-bond donors (Lipinski definition) is 1. The Bertz CT molecular complexity index is 379. The Kier molecular flexibility index (Phi) is 5.09. The number of carboxylic acids is 2. The molecule has 0 aromatic heterocycles. The largest absolute Gasteiger partial charge is 1.00 e. The summed E-state index contributed by atoms with van der Waals surface area (Å²) in [5.74, 6) is -3.11. The average molecular weight is 233 g/mol. The first-order valence-corrected chi connectivity index (χ1v) is 3.66. The van der Waals surface area contributed by atoms with E-state index in [0.717, 1.165) is 18.2 Å². The quantitative estimate of drug-likeness (QED) is 0.331. The van der Waals surface area contributed by atoms with Crippen molar-refractivity contribution in [2.75, 3.05) is 0 Å². The summed E-state index contributed by atoms with van der Waals surface area (Å²) in [6, 6.07) is 2.31. The van der Waals surface area contributed by atoms with Gasteiger partial charge in [-0.3, -0.25) is 10.1 Å². The third-order valence-electron chi connectivity index (χ3n) is 1.61. The van der Waals surface area contributed by atoms with Gasteiger partial charge in [0.2, 0.25) is 0 Å². The zero-order chi connectivity index (χ0) is 11.6. The molecule has 0 aliphatic carbocycles. The fourth-order valence-corrected chi connectivity index (χ4v) is 0.958. The van der Waals surface area contributed by atoms with Crippen LogP contribution in [0.2, 0.25) is 0 Å². The summed E-state index contributed by atoms with van der Waals surface area (Å²) in [6.45, 7) is 0. The molecule has 0 fully saturated rings. The number of carbonyl (C=O) groups excluding carboxylic acids is 1. The number of rotatable bonds is 3. The summed E-state index contributed by atoms with van der Waals surface area (Å²) in [5.41, 5.74) is -1.61. The van der Waals surface area contributed by atoms with Gasteiger partial charge >= 0.3 is 35.5 Å². The molecule has 0 atom stereocenters. The Balaban J connectivity index is 0.00000225. The van der Waals surface area contributed by atoms with Gasteiger partial charge in [0.15, 0.2) is 0 Å². The predicted molar refractivity (Wildman–Crippen MR) is 44.4 cm³/mol. The molecule has 1 aromatic rings. The predicted octanol–water partition coefficient (Wildman–Crippen LogP) is -3.34.